The lowest BCUT2D eigenvalue weighted by Crippen LogP contribution is -2.55. The molecule has 7 aromatic carbocycles. The summed E-state index contributed by atoms with van der Waals surface area (Å²) in [6.45, 7) is 0. The molecule has 1 heterocycles. The van der Waals surface area contributed by atoms with Gasteiger partial charge in [0.1, 0.15) is 0 Å². The van der Waals surface area contributed by atoms with Gasteiger partial charge in [-0.05, 0) is 144 Å². The summed E-state index contributed by atoms with van der Waals surface area (Å²) in [7, 11) is 0. The fourth-order valence-corrected chi connectivity index (χ4v) is 12.1. The maximum Gasteiger partial charge on any atom is 0.0561 e. The highest BCUT2D eigenvalue weighted by Gasteiger charge is 2.61. The molecule has 0 unspecified atom stereocenters. The van der Waals surface area contributed by atoms with Crippen LogP contribution in [0, 0.1) is 23.7 Å². The highest BCUT2D eigenvalue weighted by molar-refractivity contribution is 6.10. The first-order chi connectivity index (χ1) is 26.7. The Kier molecular flexibility index (Phi) is 6.55. The summed E-state index contributed by atoms with van der Waals surface area (Å²) in [5.74, 6) is 3.38. The maximum absolute atomic E-state index is 2.55. The van der Waals surface area contributed by atoms with Crippen LogP contribution in [0.3, 0.4) is 0 Å². The molecule has 54 heavy (non-hydrogen) atoms. The lowest BCUT2D eigenvalue weighted by atomic mass is 9.43. The summed E-state index contributed by atoms with van der Waals surface area (Å²) < 4.78 is 2.43. The Bertz CT molecular complexity index is 2690. The van der Waals surface area contributed by atoms with E-state index in [1.165, 1.54) is 87.5 Å². The van der Waals surface area contributed by atoms with E-state index in [1.54, 1.807) is 11.1 Å². The van der Waals surface area contributed by atoms with Gasteiger partial charge in [-0.15, -0.1) is 0 Å². The van der Waals surface area contributed by atoms with E-state index in [4.69, 9.17) is 0 Å². The lowest BCUT2D eigenvalue weighted by Gasteiger charge is -2.61. The van der Waals surface area contributed by atoms with Crippen molar-refractivity contribution in [1.29, 1.82) is 0 Å². The average molecular weight is 695 g/mol. The molecule has 4 saturated carbocycles. The first-order valence-corrected chi connectivity index (χ1v) is 20.0. The average Bonchev–Trinajstić information content (AvgIpc) is 3.71. The summed E-state index contributed by atoms with van der Waals surface area (Å²) >= 11 is 0. The molecule has 4 fully saturated rings. The van der Waals surface area contributed by atoms with E-state index >= 15 is 0 Å². The Hall–Kier alpha value is -5.86. The van der Waals surface area contributed by atoms with Crippen molar-refractivity contribution in [2.75, 3.05) is 4.90 Å². The van der Waals surface area contributed by atoms with E-state index in [0.29, 0.717) is 0 Å². The molecule has 4 bridgehead atoms. The number of nitrogens with zero attached hydrogens (tertiary/aromatic N) is 2. The molecule has 260 valence electrons. The number of hydrogen-bond acceptors (Lipinski definition) is 1. The van der Waals surface area contributed by atoms with Crippen LogP contribution < -0.4 is 4.90 Å². The van der Waals surface area contributed by atoms with E-state index in [9.17, 15) is 0 Å². The third-order valence-corrected chi connectivity index (χ3v) is 14.0. The number of anilines is 3. The van der Waals surface area contributed by atoms with Gasteiger partial charge in [0, 0.05) is 38.9 Å². The molecule has 0 N–H and O–H groups in total. The van der Waals surface area contributed by atoms with Crippen LogP contribution in [0.1, 0.15) is 43.2 Å². The van der Waals surface area contributed by atoms with Crippen LogP contribution in [-0.4, -0.2) is 4.57 Å². The zero-order chi connectivity index (χ0) is 35.4. The van der Waals surface area contributed by atoms with Crippen molar-refractivity contribution >= 4 is 38.9 Å². The zero-order valence-electron chi connectivity index (χ0n) is 30.4. The minimum Gasteiger partial charge on any atom is -0.310 e. The van der Waals surface area contributed by atoms with Crippen molar-refractivity contribution in [2.45, 2.75) is 37.5 Å². The van der Waals surface area contributed by atoms with Crippen molar-refractivity contribution in [3.05, 3.63) is 181 Å². The van der Waals surface area contributed by atoms with Gasteiger partial charge in [-0.25, -0.2) is 0 Å². The minimum atomic E-state index is 0.162. The Morgan fingerprint density at radius 3 is 1.78 bits per heavy atom. The van der Waals surface area contributed by atoms with Gasteiger partial charge in [0.15, 0.2) is 0 Å². The molecule has 1 spiro atoms. The van der Waals surface area contributed by atoms with E-state index in [-0.39, 0.29) is 5.41 Å². The van der Waals surface area contributed by atoms with E-state index in [0.717, 1.165) is 35.0 Å². The molecular weight excluding hydrogens is 653 g/mol. The molecule has 2 nitrogen and oxygen atoms in total. The molecule has 5 aliphatic rings. The van der Waals surface area contributed by atoms with Gasteiger partial charge in [-0.2, -0.15) is 0 Å². The third-order valence-electron chi connectivity index (χ3n) is 14.0. The van der Waals surface area contributed by atoms with Gasteiger partial charge in [-0.3, -0.25) is 0 Å². The highest BCUT2D eigenvalue weighted by atomic mass is 15.1. The van der Waals surface area contributed by atoms with Crippen molar-refractivity contribution in [3.63, 3.8) is 0 Å². The fraction of sp³-hybridized carbons (Fsp3) is 0.192. The van der Waals surface area contributed by atoms with Crippen LogP contribution in [0.15, 0.2) is 170 Å². The van der Waals surface area contributed by atoms with Crippen molar-refractivity contribution in [1.82, 2.24) is 4.57 Å². The number of rotatable bonds is 5. The van der Waals surface area contributed by atoms with Crippen molar-refractivity contribution in [3.8, 4) is 27.9 Å². The van der Waals surface area contributed by atoms with E-state index < -0.39 is 0 Å². The van der Waals surface area contributed by atoms with Crippen LogP contribution >= 0.6 is 0 Å². The second-order valence-corrected chi connectivity index (χ2v) is 16.6. The number of benzene rings is 7. The van der Waals surface area contributed by atoms with Gasteiger partial charge >= 0.3 is 0 Å². The van der Waals surface area contributed by atoms with Crippen LogP contribution in [0.25, 0.3) is 49.7 Å². The molecule has 2 heteroatoms. The Morgan fingerprint density at radius 1 is 0.426 bits per heavy atom. The van der Waals surface area contributed by atoms with Gasteiger partial charge < -0.3 is 9.47 Å². The van der Waals surface area contributed by atoms with Crippen LogP contribution in [0.2, 0.25) is 0 Å². The Balaban J connectivity index is 1.07. The topological polar surface area (TPSA) is 8.17 Å². The quantitative estimate of drug-likeness (QED) is 0.174. The summed E-state index contributed by atoms with van der Waals surface area (Å²) in [5, 5.41) is 2.54. The summed E-state index contributed by atoms with van der Waals surface area (Å²) in [6, 6.07) is 63.6. The smallest absolute Gasteiger partial charge is 0.0561 e. The number of para-hydroxylation sites is 2. The summed E-state index contributed by atoms with van der Waals surface area (Å²) in [5.41, 5.74) is 15.9. The highest BCUT2D eigenvalue weighted by Crippen LogP contribution is 2.69. The molecule has 0 atom stereocenters. The molecule has 8 aromatic rings. The first-order valence-electron chi connectivity index (χ1n) is 20.0. The fourth-order valence-electron chi connectivity index (χ4n) is 12.1. The normalized spacial score (nSPS) is 23.3. The van der Waals surface area contributed by atoms with E-state index in [2.05, 4.69) is 179 Å². The van der Waals surface area contributed by atoms with Gasteiger partial charge in [0.05, 0.1) is 11.0 Å². The molecule has 0 saturated heterocycles. The Morgan fingerprint density at radius 2 is 1.00 bits per heavy atom. The molecule has 1 aromatic heterocycles. The van der Waals surface area contributed by atoms with Gasteiger partial charge in [0.25, 0.3) is 0 Å². The van der Waals surface area contributed by atoms with Gasteiger partial charge in [-0.1, -0.05) is 115 Å². The van der Waals surface area contributed by atoms with Gasteiger partial charge in [0.2, 0.25) is 0 Å². The zero-order valence-corrected chi connectivity index (χ0v) is 30.4. The van der Waals surface area contributed by atoms with Crippen molar-refractivity contribution in [2.24, 2.45) is 23.7 Å². The van der Waals surface area contributed by atoms with Crippen molar-refractivity contribution < 1.29 is 0 Å². The predicted molar refractivity (Wildman–Crippen MR) is 224 cm³/mol. The number of hydrogen-bond donors (Lipinski definition) is 0. The molecular formula is C52H42N2. The second-order valence-electron chi connectivity index (χ2n) is 16.6. The second kappa shape index (κ2) is 11.6. The molecule has 0 aliphatic heterocycles. The molecule has 0 amide bonds. The minimum absolute atomic E-state index is 0.162. The molecule has 5 aliphatic carbocycles. The molecule has 0 radical (unpaired) electrons. The summed E-state index contributed by atoms with van der Waals surface area (Å²) in [4.78, 5) is 2.49. The summed E-state index contributed by atoms with van der Waals surface area (Å²) in [6.07, 6.45) is 7.08. The lowest BCUT2D eigenvalue weighted by molar-refractivity contribution is -0.0399. The molecule has 13 rings (SSSR count). The number of aromatic nitrogens is 1. The predicted octanol–water partition coefficient (Wildman–Crippen LogP) is 13.6. The monoisotopic (exact) mass is 694 g/mol. The third kappa shape index (κ3) is 4.28. The van der Waals surface area contributed by atoms with E-state index in [1.807, 2.05) is 0 Å². The maximum atomic E-state index is 2.55. The van der Waals surface area contributed by atoms with Crippen LogP contribution in [-0.2, 0) is 5.41 Å². The largest absolute Gasteiger partial charge is 0.310 e. The van der Waals surface area contributed by atoms with Crippen LogP contribution in [0.4, 0.5) is 17.1 Å². The standard InChI is InChI=1S/C52H42N2/c1-3-11-36(12-4-1)37-19-21-41(22-20-37)53(43-23-25-46-45-16-8-10-18-50(45)54(51(46)33-43)40-13-5-2-6-14-40)42-24-26-49-47(32-42)44-15-7-9-17-48(44)52(49)38-28-34-27-35(30-38)31-39(52)29-34/h1-26,32-35,38-39H,27-31H2. The first kappa shape index (κ1) is 30.6. The Labute approximate surface area is 317 Å². The number of fused-ring (bicyclic) bond motifs is 6. The SMILES string of the molecule is c1ccc(-c2ccc(N(c3ccc4c(c3)-c3ccccc3C43C4CC5CC(C4)CC3C5)c3ccc4c5ccccc5n(-c5ccccc5)c4c3)cc2)cc1. The van der Waals surface area contributed by atoms with Crippen LogP contribution in [0.5, 0.6) is 0 Å².